The van der Waals surface area contributed by atoms with Crippen LogP contribution >= 0.6 is 0 Å². The van der Waals surface area contributed by atoms with Gasteiger partial charge in [0.2, 0.25) is 0 Å². The molecule has 0 saturated carbocycles. The van der Waals surface area contributed by atoms with Crippen LogP contribution in [0.25, 0.3) is 5.65 Å². The number of piperidine rings is 1. The maximum Gasteiger partial charge on any atom is 0.337 e. The summed E-state index contributed by atoms with van der Waals surface area (Å²) in [5.74, 6) is -0.313. The van der Waals surface area contributed by atoms with Crippen LogP contribution in [0.4, 0.5) is 11.5 Å². The van der Waals surface area contributed by atoms with Crippen molar-refractivity contribution in [2.24, 2.45) is 5.92 Å². The Morgan fingerprint density at radius 3 is 2.64 bits per heavy atom. The molecule has 3 heterocycles. The van der Waals surface area contributed by atoms with Crippen LogP contribution in [-0.2, 0) is 0 Å². The average Bonchev–Trinajstić information content (AvgIpc) is 2.81. The molecule has 8 nitrogen and oxygen atoms in total. The van der Waals surface area contributed by atoms with E-state index < -0.39 is 5.97 Å². The van der Waals surface area contributed by atoms with Gasteiger partial charge in [-0.25, -0.2) is 9.78 Å². The van der Waals surface area contributed by atoms with Gasteiger partial charge in [-0.05, 0) is 57.4 Å². The number of anilines is 2. The van der Waals surface area contributed by atoms with Crippen LogP contribution in [0.3, 0.4) is 0 Å². The zero-order chi connectivity index (χ0) is 23.7. The van der Waals surface area contributed by atoms with Gasteiger partial charge in [0, 0.05) is 36.5 Å². The molecule has 1 aliphatic heterocycles. The van der Waals surface area contributed by atoms with E-state index in [4.69, 9.17) is 4.98 Å². The second-order valence-corrected chi connectivity index (χ2v) is 8.64. The van der Waals surface area contributed by atoms with Crippen LogP contribution in [-0.4, -0.2) is 33.6 Å². The summed E-state index contributed by atoms with van der Waals surface area (Å²) >= 11 is 0. The number of carboxylic acid groups (broad SMARTS) is 1. The normalized spacial score (nSPS) is 15.3. The van der Waals surface area contributed by atoms with Gasteiger partial charge in [-0.3, -0.25) is 9.20 Å². The number of nitrogens with zero attached hydrogens (tertiary/aromatic N) is 4. The molecule has 8 heteroatoms. The summed E-state index contributed by atoms with van der Waals surface area (Å²) in [6.45, 7) is 7.01. The molecule has 1 fully saturated rings. The number of pyridine rings is 1. The number of carbonyl (C=O) groups is 1. The summed E-state index contributed by atoms with van der Waals surface area (Å²) in [5, 5.41) is 22.0. The van der Waals surface area contributed by atoms with Gasteiger partial charge in [-0.15, -0.1) is 0 Å². The van der Waals surface area contributed by atoms with Gasteiger partial charge in [0.05, 0.1) is 23.2 Å². The minimum atomic E-state index is -1.01. The molecule has 0 bridgehead atoms. The number of fused-ring (bicyclic) bond motifs is 1. The minimum Gasteiger partial charge on any atom is -0.478 e. The van der Waals surface area contributed by atoms with Crippen molar-refractivity contribution in [3.05, 3.63) is 69.1 Å². The SMILES string of the molecule is Cc1cc([C@@H](C)Nc2ccccc2C(=O)O)c2nc(N3CCC(C#N)CC3)c(C)c(=O)n2c1. The number of aromatic nitrogens is 2. The molecule has 0 aliphatic carbocycles. The lowest BCUT2D eigenvalue weighted by atomic mass is 9.98. The Hall–Kier alpha value is -3.86. The molecule has 0 spiro atoms. The third-order valence-corrected chi connectivity index (χ3v) is 6.26. The lowest BCUT2D eigenvalue weighted by Crippen LogP contribution is -2.36. The Labute approximate surface area is 192 Å². The molecule has 1 aromatic carbocycles. The van der Waals surface area contributed by atoms with E-state index in [0.29, 0.717) is 35.8 Å². The van der Waals surface area contributed by atoms with E-state index in [1.165, 1.54) is 0 Å². The molecule has 0 radical (unpaired) electrons. The zero-order valence-electron chi connectivity index (χ0n) is 19.0. The first-order valence-electron chi connectivity index (χ1n) is 11.1. The quantitative estimate of drug-likeness (QED) is 0.612. The van der Waals surface area contributed by atoms with Crippen molar-refractivity contribution in [1.29, 1.82) is 5.26 Å². The predicted octanol–water partition coefficient (Wildman–Crippen LogP) is 3.92. The first-order valence-corrected chi connectivity index (χ1v) is 11.1. The first-order chi connectivity index (χ1) is 15.8. The predicted molar refractivity (Wildman–Crippen MR) is 127 cm³/mol. The molecule has 1 saturated heterocycles. The maximum absolute atomic E-state index is 13.3. The average molecular weight is 446 g/mol. The fourth-order valence-electron chi connectivity index (χ4n) is 4.44. The van der Waals surface area contributed by atoms with Crippen molar-refractivity contribution in [2.75, 3.05) is 23.3 Å². The van der Waals surface area contributed by atoms with Gasteiger partial charge in [-0.1, -0.05) is 12.1 Å². The number of nitrogens with one attached hydrogen (secondary N) is 1. The van der Waals surface area contributed by atoms with Crippen molar-refractivity contribution in [3.63, 3.8) is 0 Å². The highest BCUT2D eigenvalue weighted by atomic mass is 16.4. The number of hydrogen-bond acceptors (Lipinski definition) is 6. The monoisotopic (exact) mass is 445 g/mol. The van der Waals surface area contributed by atoms with E-state index in [2.05, 4.69) is 16.3 Å². The molecule has 33 heavy (non-hydrogen) atoms. The number of benzene rings is 1. The van der Waals surface area contributed by atoms with E-state index >= 15 is 0 Å². The fraction of sp³-hybridized carbons (Fsp3) is 0.360. The van der Waals surface area contributed by atoms with Gasteiger partial charge in [0.15, 0.2) is 0 Å². The molecule has 2 N–H and O–H groups in total. The Morgan fingerprint density at radius 1 is 1.27 bits per heavy atom. The number of aromatic carboxylic acids is 1. The van der Waals surface area contributed by atoms with E-state index in [1.54, 1.807) is 41.8 Å². The highest BCUT2D eigenvalue weighted by Gasteiger charge is 2.24. The van der Waals surface area contributed by atoms with Crippen LogP contribution in [0.2, 0.25) is 0 Å². The Morgan fingerprint density at radius 2 is 1.97 bits per heavy atom. The summed E-state index contributed by atoms with van der Waals surface area (Å²) in [4.78, 5) is 31.9. The van der Waals surface area contributed by atoms with Gasteiger partial charge in [0.25, 0.3) is 5.56 Å². The summed E-state index contributed by atoms with van der Waals surface area (Å²) < 4.78 is 1.58. The highest BCUT2D eigenvalue weighted by Crippen LogP contribution is 2.28. The lowest BCUT2D eigenvalue weighted by molar-refractivity contribution is 0.0698. The van der Waals surface area contributed by atoms with Crippen molar-refractivity contribution < 1.29 is 9.90 Å². The van der Waals surface area contributed by atoms with Gasteiger partial charge < -0.3 is 15.3 Å². The number of carboxylic acids is 1. The second-order valence-electron chi connectivity index (χ2n) is 8.64. The second kappa shape index (κ2) is 8.94. The van der Waals surface area contributed by atoms with Gasteiger partial charge in [-0.2, -0.15) is 5.26 Å². The number of nitriles is 1. The van der Waals surface area contributed by atoms with Crippen LogP contribution in [0.5, 0.6) is 0 Å². The number of rotatable bonds is 5. The van der Waals surface area contributed by atoms with E-state index in [1.807, 2.05) is 19.9 Å². The smallest absolute Gasteiger partial charge is 0.337 e. The van der Waals surface area contributed by atoms with Crippen molar-refractivity contribution in [1.82, 2.24) is 9.38 Å². The highest BCUT2D eigenvalue weighted by molar-refractivity contribution is 5.94. The summed E-state index contributed by atoms with van der Waals surface area (Å²) in [6.07, 6.45) is 3.29. The van der Waals surface area contributed by atoms with Crippen LogP contribution in [0.1, 0.15) is 52.9 Å². The van der Waals surface area contributed by atoms with Crippen LogP contribution in [0, 0.1) is 31.1 Å². The van der Waals surface area contributed by atoms with E-state index in [0.717, 1.165) is 24.0 Å². The minimum absolute atomic E-state index is 0.0415. The Balaban J connectivity index is 1.79. The number of hydrogen-bond donors (Lipinski definition) is 2. The molecule has 1 atom stereocenters. The standard InChI is InChI=1S/C25H27N5O3/c1-15-12-20(17(3)27-21-7-5-4-6-19(21)25(32)33)23-28-22(16(2)24(31)30(23)14-15)29-10-8-18(13-26)9-11-29/h4-7,12,14,17-18,27H,8-11H2,1-3H3,(H,32,33)/t17-/m1/s1. The topological polar surface area (TPSA) is 111 Å². The van der Waals surface area contributed by atoms with Gasteiger partial charge in [0.1, 0.15) is 11.5 Å². The number of para-hydroxylation sites is 1. The third kappa shape index (κ3) is 4.27. The molecular formula is C25H27N5O3. The summed E-state index contributed by atoms with van der Waals surface area (Å²) in [6, 6.07) is 10.8. The summed E-state index contributed by atoms with van der Waals surface area (Å²) in [7, 11) is 0. The lowest BCUT2D eigenvalue weighted by Gasteiger charge is -2.31. The van der Waals surface area contributed by atoms with Crippen molar-refractivity contribution in [3.8, 4) is 6.07 Å². The maximum atomic E-state index is 13.3. The fourth-order valence-corrected chi connectivity index (χ4v) is 4.44. The molecule has 3 aromatic rings. The summed E-state index contributed by atoms with van der Waals surface area (Å²) in [5.41, 5.74) is 3.40. The largest absolute Gasteiger partial charge is 0.478 e. The first kappa shape index (κ1) is 22.3. The van der Waals surface area contributed by atoms with Crippen LogP contribution in [0.15, 0.2) is 41.3 Å². The van der Waals surface area contributed by atoms with Crippen LogP contribution < -0.4 is 15.8 Å². The molecular weight excluding hydrogens is 418 g/mol. The molecule has 0 unspecified atom stereocenters. The van der Waals surface area contributed by atoms with Crippen molar-refractivity contribution in [2.45, 2.75) is 39.7 Å². The number of aryl methyl sites for hydroxylation is 1. The molecule has 1 aliphatic rings. The third-order valence-electron chi connectivity index (χ3n) is 6.26. The molecule has 2 aromatic heterocycles. The van der Waals surface area contributed by atoms with Crippen molar-refractivity contribution >= 4 is 23.1 Å². The Kier molecular flexibility index (Phi) is 6.05. The van der Waals surface area contributed by atoms with Gasteiger partial charge >= 0.3 is 5.97 Å². The molecule has 4 rings (SSSR count). The zero-order valence-corrected chi connectivity index (χ0v) is 19.0. The van der Waals surface area contributed by atoms with E-state index in [-0.39, 0.29) is 23.1 Å². The Bertz CT molecular complexity index is 1320. The molecule has 0 amide bonds. The molecule has 170 valence electrons. The van der Waals surface area contributed by atoms with E-state index in [9.17, 15) is 20.0 Å².